The van der Waals surface area contributed by atoms with Gasteiger partial charge in [0.15, 0.2) is 0 Å². The van der Waals surface area contributed by atoms with E-state index in [-0.39, 0.29) is 0 Å². The van der Waals surface area contributed by atoms with Gasteiger partial charge < -0.3 is 9.84 Å². The van der Waals surface area contributed by atoms with Crippen LogP contribution in [0.5, 0.6) is 5.75 Å². The second-order valence-electron chi connectivity index (χ2n) is 2.15. The number of hydrogen-bond donors (Lipinski definition) is 1. The number of rotatable bonds is 3. The van der Waals surface area contributed by atoms with Gasteiger partial charge in [0.1, 0.15) is 5.75 Å². The summed E-state index contributed by atoms with van der Waals surface area (Å²) in [6, 6.07) is 8.37. The number of amides is 1. The average molecular weight is 166 g/mol. The maximum Gasteiger partial charge on any atom is 0.307 e. The summed E-state index contributed by atoms with van der Waals surface area (Å²) in [5.41, 5.74) is 6.52. The lowest BCUT2D eigenvalue weighted by Crippen LogP contribution is -2.27. The van der Waals surface area contributed by atoms with E-state index in [2.05, 4.69) is 0 Å². The molecule has 4 nitrogen and oxygen atoms in total. The van der Waals surface area contributed by atoms with E-state index in [0.717, 1.165) is 0 Å². The quantitative estimate of drug-likeness (QED) is 0.652. The van der Waals surface area contributed by atoms with E-state index in [9.17, 15) is 4.79 Å². The van der Waals surface area contributed by atoms with Crippen LogP contribution in [0, 0.1) is 0 Å². The standard InChI is InChI=1S/C8H8NO3/c9-7(10)8(11)12-6-4-2-1-3-5-6/h1-5,8-9,11H. The van der Waals surface area contributed by atoms with Crippen LogP contribution >= 0.6 is 0 Å². The molecule has 0 saturated carbocycles. The number of hydrogen-bond acceptors (Lipinski definition) is 3. The largest absolute Gasteiger partial charge is 0.455 e. The molecule has 0 fully saturated rings. The van der Waals surface area contributed by atoms with Gasteiger partial charge in [-0.2, -0.15) is 0 Å². The molecule has 0 saturated heterocycles. The van der Waals surface area contributed by atoms with Crippen LogP contribution in [0.25, 0.3) is 0 Å². The predicted molar refractivity (Wildman–Crippen MR) is 41.2 cm³/mol. The molecule has 12 heavy (non-hydrogen) atoms. The second-order valence-corrected chi connectivity index (χ2v) is 2.15. The highest BCUT2D eigenvalue weighted by atomic mass is 16.6. The molecule has 0 bridgehead atoms. The number of carbonyl (C=O) groups is 1. The minimum Gasteiger partial charge on any atom is -0.455 e. The summed E-state index contributed by atoms with van der Waals surface area (Å²) in [6.45, 7) is 0. The first-order valence-electron chi connectivity index (χ1n) is 3.35. The number of aliphatic hydroxyl groups excluding tert-OH is 1. The Labute approximate surface area is 69.6 Å². The Morgan fingerprint density at radius 2 is 2.00 bits per heavy atom. The molecule has 0 aliphatic rings. The third kappa shape index (κ3) is 2.25. The van der Waals surface area contributed by atoms with E-state index in [4.69, 9.17) is 15.6 Å². The van der Waals surface area contributed by atoms with Gasteiger partial charge in [0, 0.05) is 0 Å². The lowest BCUT2D eigenvalue weighted by atomic mass is 10.3. The Bertz CT molecular complexity index is 260. The Hall–Kier alpha value is -1.55. The van der Waals surface area contributed by atoms with Crippen LogP contribution in [0.3, 0.4) is 0 Å². The zero-order valence-electron chi connectivity index (χ0n) is 6.23. The molecule has 4 heteroatoms. The van der Waals surface area contributed by atoms with E-state index < -0.39 is 12.2 Å². The van der Waals surface area contributed by atoms with Crippen molar-refractivity contribution in [2.45, 2.75) is 6.29 Å². The van der Waals surface area contributed by atoms with Crippen LogP contribution in [0.15, 0.2) is 30.3 Å². The van der Waals surface area contributed by atoms with Gasteiger partial charge in [0.2, 0.25) is 0 Å². The van der Waals surface area contributed by atoms with Crippen molar-refractivity contribution in [2.75, 3.05) is 0 Å². The van der Waals surface area contributed by atoms with Crippen molar-refractivity contribution in [1.82, 2.24) is 5.73 Å². The summed E-state index contributed by atoms with van der Waals surface area (Å²) < 4.78 is 4.69. The van der Waals surface area contributed by atoms with E-state index in [1.165, 1.54) is 0 Å². The van der Waals surface area contributed by atoms with Crippen molar-refractivity contribution in [1.29, 1.82) is 0 Å². The Kier molecular flexibility index (Phi) is 2.66. The minimum atomic E-state index is -1.69. The summed E-state index contributed by atoms with van der Waals surface area (Å²) in [5.74, 6) is -0.788. The summed E-state index contributed by atoms with van der Waals surface area (Å²) in [6.07, 6.45) is -1.69. The van der Waals surface area contributed by atoms with Gasteiger partial charge in [-0.3, -0.25) is 10.5 Å². The number of carbonyl (C=O) groups excluding carboxylic acids is 1. The zero-order valence-corrected chi connectivity index (χ0v) is 6.23. The van der Waals surface area contributed by atoms with Gasteiger partial charge in [0.25, 0.3) is 6.29 Å². The Morgan fingerprint density at radius 1 is 1.42 bits per heavy atom. The molecule has 1 unspecified atom stereocenters. The van der Waals surface area contributed by atoms with Crippen molar-refractivity contribution in [3.63, 3.8) is 0 Å². The van der Waals surface area contributed by atoms with Crippen LogP contribution in [-0.4, -0.2) is 17.3 Å². The van der Waals surface area contributed by atoms with Gasteiger partial charge in [-0.05, 0) is 12.1 Å². The number of nitrogens with one attached hydrogen (secondary N) is 1. The first kappa shape index (κ1) is 8.55. The normalized spacial score (nSPS) is 12.1. The Morgan fingerprint density at radius 3 is 2.50 bits per heavy atom. The fourth-order valence-corrected chi connectivity index (χ4v) is 0.681. The predicted octanol–water partition coefficient (Wildman–Crippen LogP) is 0.193. The molecule has 1 amide bonds. The molecule has 1 radical (unpaired) electrons. The molecule has 0 aliphatic carbocycles. The van der Waals surface area contributed by atoms with Gasteiger partial charge >= 0.3 is 5.91 Å². The van der Waals surface area contributed by atoms with Crippen LogP contribution in [0.2, 0.25) is 0 Å². The molecule has 1 atom stereocenters. The topological polar surface area (TPSA) is 70.3 Å². The van der Waals surface area contributed by atoms with Gasteiger partial charge in [-0.1, -0.05) is 18.2 Å². The van der Waals surface area contributed by atoms with Gasteiger partial charge in [-0.15, -0.1) is 0 Å². The van der Waals surface area contributed by atoms with Crippen LogP contribution in [-0.2, 0) is 4.79 Å². The monoisotopic (exact) mass is 166 g/mol. The molecule has 2 N–H and O–H groups in total. The fourth-order valence-electron chi connectivity index (χ4n) is 0.681. The molecule has 0 aliphatic heterocycles. The number of ether oxygens (including phenoxy) is 1. The van der Waals surface area contributed by atoms with E-state index >= 15 is 0 Å². The molecule has 0 heterocycles. The maximum absolute atomic E-state index is 10.2. The summed E-state index contributed by atoms with van der Waals surface area (Å²) in [5, 5.41) is 8.82. The van der Waals surface area contributed by atoms with Crippen LogP contribution < -0.4 is 10.5 Å². The first-order chi connectivity index (χ1) is 5.70. The highest BCUT2D eigenvalue weighted by Gasteiger charge is 2.12. The molecule has 0 spiro atoms. The lowest BCUT2D eigenvalue weighted by Gasteiger charge is -2.08. The van der Waals surface area contributed by atoms with Crippen LogP contribution in [0.1, 0.15) is 0 Å². The van der Waals surface area contributed by atoms with Crippen molar-refractivity contribution < 1.29 is 14.6 Å². The third-order valence-electron chi connectivity index (χ3n) is 1.22. The molecule has 0 aromatic heterocycles. The maximum atomic E-state index is 10.2. The van der Waals surface area contributed by atoms with Gasteiger partial charge in [-0.25, -0.2) is 0 Å². The number of para-hydroxylation sites is 1. The van der Waals surface area contributed by atoms with Crippen molar-refractivity contribution in [3.05, 3.63) is 30.3 Å². The molecule has 1 aromatic carbocycles. The lowest BCUT2D eigenvalue weighted by molar-refractivity contribution is -0.140. The van der Waals surface area contributed by atoms with Crippen molar-refractivity contribution in [3.8, 4) is 5.75 Å². The summed E-state index contributed by atoms with van der Waals surface area (Å²) in [4.78, 5) is 10.2. The van der Waals surface area contributed by atoms with Crippen LogP contribution in [0.4, 0.5) is 0 Å². The zero-order chi connectivity index (χ0) is 8.97. The fraction of sp³-hybridized carbons (Fsp3) is 0.125. The van der Waals surface area contributed by atoms with Gasteiger partial charge in [0.05, 0.1) is 0 Å². The number of aliphatic hydroxyl groups is 1. The average Bonchev–Trinajstić information content (AvgIpc) is 2.06. The SMILES string of the molecule is [NH]C(=O)C(O)Oc1ccccc1. The van der Waals surface area contributed by atoms with Crippen molar-refractivity contribution >= 4 is 5.91 Å². The molecular formula is C8H8NO3. The molecule has 1 aromatic rings. The van der Waals surface area contributed by atoms with E-state index in [0.29, 0.717) is 5.75 Å². The van der Waals surface area contributed by atoms with Crippen molar-refractivity contribution in [2.24, 2.45) is 0 Å². The van der Waals surface area contributed by atoms with E-state index in [1.54, 1.807) is 30.3 Å². The minimum absolute atomic E-state index is 0.366. The third-order valence-corrected chi connectivity index (χ3v) is 1.22. The highest BCUT2D eigenvalue weighted by Crippen LogP contribution is 2.09. The number of benzene rings is 1. The molecule has 1 rings (SSSR count). The first-order valence-corrected chi connectivity index (χ1v) is 3.35. The second kappa shape index (κ2) is 3.73. The molecule has 63 valence electrons. The molecular weight excluding hydrogens is 158 g/mol. The summed E-state index contributed by atoms with van der Waals surface area (Å²) >= 11 is 0. The highest BCUT2D eigenvalue weighted by molar-refractivity contribution is 5.76. The smallest absolute Gasteiger partial charge is 0.307 e. The summed E-state index contributed by atoms with van der Waals surface area (Å²) in [7, 11) is 0. The van der Waals surface area contributed by atoms with E-state index in [1.807, 2.05) is 0 Å². The Balaban J connectivity index is 2.58.